The fourth-order valence-corrected chi connectivity index (χ4v) is 2.01. The Balaban J connectivity index is 2.02. The molecule has 1 heterocycles. The summed E-state index contributed by atoms with van der Waals surface area (Å²) in [7, 11) is 0. The Morgan fingerprint density at radius 2 is 2.20 bits per heavy atom. The molecule has 5 nitrogen and oxygen atoms in total. The monoisotopic (exact) mass is 275 g/mol. The highest BCUT2D eigenvalue weighted by atomic mass is 16.6. The van der Waals surface area contributed by atoms with Crippen LogP contribution in [0.25, 0.3) is 0 Å². The second kappa shape index (κ2) is 6.75. The van der Waals surface area contributed by atoms with Gasteiger partial charge in [-0.3, -0.25) is 9.69 Å². The van der Waals surface area contributed by atoms with E-state index >= 15 is 0 Å². The number of hydrogen-bond donors (Lipinski definition) is 0. The number of amides is 1. The Labute approximate surface area is 117 Å². The van der Waals surface area contributed by atoms with Crippen LogP contribution in [0, 0.1) is 0 Å². The average molecular weight is 275 g/mol. The van der Waals surface area contributed by atoms with E-state index in [1.54, 1.807) is 19.2 Å². The number of rotatable bonds is 5. The van der Waals surface area contributed by atoms with Crippen LogP contribution >= 0.6 is 0 Å². The molecule has 1 atom stereocenters. The third-order valence-corrected chi connectivity index (χ3v) is 2.95. The van der Waals surface area contributed by atoms with Gasteiger partial charge < -0.3 is 9.47 Å². The quantitative estimate of drug-likeness (QED) is 0.775. The predicted molar refractivity (Wildman–Crippen MR) is 72.8 cm³/mol. The molecular formula is C15H17NO4. The van der Waals surface area contributed by atoms with Crippen LogP contribution < -0.4 is 0 Å². The lowest BCUT2D eigenvalue weighted by Crippen LogP contribution is -2.21. The highest BCUT2D eigenvalue weighted by Gasteiger charge is 2.32. The summed E-state index contributed by atoms with van der Waals surface area (Å²) in [5.41, 5.74) is 0.999. The second-order valence-electron chi connectivity index (χ2n) is 4.30. The Hall–Kier alpha value is -2.30. The lowest BCUT2D eigenvalue weighted by molar-refractivity contribution is -0.142. The average Bonchev–Trinajstić information content (AvgIpc) is 2.82. The van der Waals surface area contributed by atoms with E-state index in [0.29, 0.717) is 13.2 Å². The van der Waals surface area contributed by atoms with E-state index in [4.69, 9.17) is 9.47 Å². The number of hydrogen-bond acceptors (Lipinski definition) is 4. The summed E-state index contributed by atoms with van der Waals surface area (Å²) in [6.45, 7) is 2.42. The maximum Gasteiger partial charge on any atom is 0.414 e. The van der Waals surface area contributed by atoms with Gasteiger partial charge in [-0.05, 0) is 12.5 Å². The van der Waals surface area contributed by atoms with Crippen LogP contribution in [0.1, 0.15) is 24.9 Å². The first-order valence-corrected chi connectivity index (χ1v) is 6.54. The van der Waals surface area contributed by atoms with Gasteiger partial charge in [-0.1, -0.05) is 36.4 Å². The molecule has 1 aliphatic heterocycles. The minimum absolute atomic E-state index is 0.138. The molecule has 0 aromatic heterocycles. The molecule has 1 aliphatic rings. The molecule has 106 valence electrons. The van der Waals surface area contributed by atoms with E-state index in [1.807, 2.05) is 30.3 Å². The molecule has 1 fully saturated rings. The Morgan fingerprint density at radius 3 is 2.90 bits per heavy atom. The maximum atomic E-state index is 11.7. The van der Waals surface area contributed by atoms with Gasteiger partial charge in [-0.25, -0.2) is 4.79 Å². The standard InChI is InChI=1S/C15H17NO4/c1-2-19-14(17)9-6-10-16-13(11-20-15(16)18)12-7-4-3-5-8-12/h3-8,10,13H,2,9,11H2,1H3/b10-6+/t13-/m1/s1. The van der Waals surface area contributed by atoms with Crippen molar-refractivity contribution in [3.63, 3.8) is 0 Å². The molecular weight excluding hydrogens is 258 g/mol. The van der Waals surface area contributed by atoms with Crippen molar-refractivity contribution in [2.45, 2.75) is 19.4 Å². The summed E-state index contributed by atoms with van der Waals surface area (Å²) < 4.78 is 9.88. The minimum Gasteiger partial charge on any atom is -0.466 e. The van der Waals surface area contributed by atoms with Crippen molar-refractivity contribution in [2.24, 2.45) is 0 Å². The first-order chi connectivity index (χ1) is 9.72. The molecule has 0 spiro atoms. The van der Waals surface area contributed by atoms with E-state index in [1.165, 1.54) is 4.90 Å². The van der Waals surface area contributed by atoms with Crippen LogP contribution in [0.3, 0.4) is 0 Å². The molecule has 0 radical (unpaired) electrons. The number of ether oxygens (including phenoxy) is 2. The van der Waals surface area contributed by atoms with Gasteiger partial charge in [0.15, 0.2) is 0 Å². The number of nitrogens with zero attached hydrogens (tertiary/aromatic N) is 1. The Bertz CT molecular complexity index is 498. The van der Waals surface area contributed by atoms with Crippen molar-refractivity contribution in [1.82, 2.24) is 4.90 Å². The summed E-state index contributed by atoms with van der Waals surface area (Å²) in [4.78, 5) is 24.4. The van der Waals surface area contributed by atoms with Gasteiger partial charge in [0.1, 0.15) is 6.61 Å². The van der Waals surface area contributed by atoms with Crippen molar-refractivity contribution in [3.05, 3.63) is 48.2 Å². The number of carbonyl (C=O) groups is 2. The smallest absolute Gasteiger partial charge is 0.414 e. The normalized spacial score (nSPS) is 18.4. The van der Waals surface area contributed by atoms with Gasteiger partial charge in [-0.2, -0.15) is 0 Å². The first kappa shape index (κ1) is 14.1. The van der Waals surface area contributed by atoms with E-state index in [0.717, 1.165) is 5.56 Å². The summed E-state index contributed by atoms with van der Waals surface area (Å²) in [5.74, 6) is -0.312. The molecule has 20 heavy (non-hydrogen) atoms. The third-order valence-electron chi connectivity index (χ3n) is 2.95. The van der Waals surface area contributed by atoms with Crippen molar-refractivity contribution in [1.29, 1.82) is 0 Å². The fraction of sp³-hybridized carbons (Fsp3) is 0.333. The predicted octanol–water partition coefficient (Wildman–Crippen LogP) is 2.65. The fourth-order valence-electron chi connectivity index (χ4n) is 2.01. The van der Waals surface area contributed by atoms with Gasteiger partial charge >= 0.3 is 12.1 Å². The molecule has 5 heteroatoms. The first-order valence-electron chi connectivity index (χ1n) is 6.54. The van der Waals surface area contributed by atoms with Gasteiger partial charge in [0.05, 0.1) is 19.1 Å². The van der Waals surface area contributed by atoms with Gasteiger partial charge in [0.25, 0.3) is 0 Å². The summed E-state index contributed by atoms with van der Waals surface area (Å²) in [5, 5.41) is 0. The van der Waals surface area contributed by atoms with E-state index in [-0.39, 0.29) is 18.4 Å². The van der Waals surface area contributed by atoms with Crippen LogP contribution in [0.2, 0.25) is 0 Å². The summed E-state index contributed by atoms with van der Waals surface area (Å²) in [6.07, 6.45) is 2.93. The Morgan fingerprint density at radius 1 is 1.45 bits per heavy atom. The summed E-state index contributed by atoms with van der Waals surface area (Å²) in [6, 6.07) is 9.49. The van der Waals surface area contributed by atoms with Gasteiger partial charge in [0, 0.05) is 6.20 Å². The summed E-state index contributed by atoms with van der Waals surface area (Å²) >= 11 is 0. The minimum atomic E-state index is -0.404. The SMILES string of the molecule is CCOC(=O)C/C=C/N1C(=O)OC[C@@H]1c1ccccc1. The van der Waals surface area contributed by atoms with Crippen LogP contribution in [0.15, 0.2) is 42.6 Å². The number of benzene rings is 1. The molecule has 1 amide bonds. The van der Waals surface area contributed by atoms with Crippen LogP contribution in [-0.2, 0) is 14.3 Å². The van der Waals surface area contributed by atoms with Crippen LogP contribution in [0.5, 0.6) is 0 Å². The number of esters is 1. The number of cyclic esters (lactones) is 1. The van der Waals surface area contributed by atoms with Gasteiger partial charge in [-0.15, -0.1) is 0 Å². The molecule has 1 saturated heterocycles. The van der Waals surface area contributed by atoms with Gasteiger partial charge in [0.2, 0.25) is 0 Å². The molecule has 0 saturated carbocycles. The van der Waals surface area contributed by atoms with Crippen LogP contribution in [-0.4, -0.2) is 30.2 Å². The lowest BCUT2D eigenvalue weighted by atomic mass is 10.1. The van der Waals surface area contributed by atoms with E-state index < -0.39 is 6.09 Å². The van der Waals surface area contributed by atoms with E-state index in [2.05, 4.69) is 0 Å². The molecule has 2 rings (SSSR count). The largest absolute Gasteiger partial charge is 0.466 e. The number of carbonyl (C=O) groups excluding carboxylic acids is 2. The van der Waals surface area contributed by atoms with Crippen molar-refractivity contribution in [2.75, 3.05) is 13.2 Å². The van der Waals surface area contributed by atoms with Crippen molar-refractivity contribution < 1.29 is 19.1 Å². The second-order valence-corrected chi connectivity index (χ2v) is 4.30. The highest BCUT2D eigenvalue weighted by Crippen LogP contribution is 2.27. The third kappa shape index (κ3) is 3.38. The lowest BCUT2D eigenvalue weighted by Gasteiger charge is -2.17. The zero-order chi connectivity index (χ0) is 14.4. The molecule has 0 N–H and O–H groups in total. The Kier molecular flexibility index (Phi) is 4.76. The molecule has 0 bridgehead atoms. The molecule has 0 aliphatic carbocycles. The maximum absolute atomic E-state index is 11.7. The zero-order valence-electron chi connectivity index (χ0n) is 11.3. The van der Waals surface area contributed by atoms with Crippen molar-refractivity contribution >= 4 is 12.1 Å². The highest BCUT2D eigenvalue weighted by molar-refractivity contribution is 5.73. The molecule has 1 aromatic rings. The molecule has 1 aromatic carbocycles. The van der Waals surface area contributed by atoms with Crippen LogP contribution in [0.4, 0.5) is 4.79 Å². The topological polar surface area (TPSA) is 55.8 Å². The van der Waals surface area contributed by atoms with Crippen molar-refractivity contribution in [3.8, 4) is 0 Å². The van der Waals surface area contributed by atoms with E-state index in [9.17, 15) is 9.59 Å². The zero-order valence-corrected chi connectivity index (χ0v) is 11.3. The molecule has 0 unspecified atom stereocenters.